The Morgan fingerprint density at radius 3 is 2.32 bits per heavy atom. The molecule has 0 fully saturated rings. The third kappa shape index (κ3) is 7.69. The number of esters is 1. The van der Waals surface area contributed by atoms with E-state index in [0.717, 1.165) is 0 Å². The molecule has 2 amide bonds. The van der Waals surface area contributed by atoms with Crippen LogP contribution >= 0.6 is 0 Å². The Kier molecular flexibility index (Phi) is 7.94. The number of carbonyl (C=O) groups excluding carboxylic acids is 3. The predicted molar refractivity (Wildman–Crippen MR) is 136 cm³/mol. The molecule has 12 heteroatoms. The third-order valence-corrected chi connectivity index (χ3v) is 4.59. The number of guanidine groups is 1. The van der Waals surface area contributed by atoms with Gasteiger partial charge in [0.1, 0.15) is 23.4 Å². The molecule has 1 aliphatic rings. The average Bonchev–Trinajstić information content (AvgIpc) is 2.74. The van der Waals surface area contributed by atoms with Crippen LogP contribution in [0.2, 0.25) is 0 Å². The summed E-state index contributed by atoms with van der Waals surface area (Å²) in [6.45, 7) is 9.84. The number of fused-ring (bicyclic) bond motifs is 2. The first kappa shape index (κ1) is 28.0. The number of hydrogen-bond acceptors (Lipinski definition) is 8. The van der Waals surface area contributed by atoms with Gasteiger partial charge in [-0.3, -0.25) is 5.32 Å². The van der Waals surface area contributed by atoms with Gasteiger partial charge in [0.15, 0.2) is 11.5 Å². The summed E-state index contributed by atoms with van der Waals surface area (Å²) in [5, 5.41) is 14.6. The van der Waals surface area contributed by atoms with Crippen molar-refractivity contribution in [3.05, 3.63) is 53.1 Å². The molecule has 1 aliphatic heterocycles. The number of benzene rings is 2. The van der Waals surface area contributed by atoms with Crippen LogP contribution in [0.15, 0.2) is 41.4 Å². The molecule has 12 nitrogen and oxygen atoms in total. The van der Waals surface area contributed by atoms with Crippen LogP contribution in [0.5, 0.6) is 11.5 Å². The number of alkyl carbamates (subject to hydrolysis) is 1. The quantitative estimate of drug-likeness (QED) is 0.215. The van der Waals surface area contributed by atoms with Gasteiger partial charge in [0.05, 0.1) is 5.56 Å². The fraction of sp³-hybridized carbons (Fsp3) is 0.346. The first-order chi connectivity index (χ1) is 17.6. The second kappa shape index (κ2) is 10.8. The molecule has 1 heterocycles. The number of hydrogen-bond donors (Lipinski definition) is 3. The van der Waals surface area contributed by atoms with Gasteiger partial charge < -0.3 is 29.4 Å². The maximum atomic E-state index is 12.8. The lowest BCUT2D eigenvalue weighted by atomic mass is 10.1. The lowest BCUT2D eigenvalue weighted by Crippen LogP contribution is -2.40. The van der Waals surface area contributed by atoms with Crippen LogP contribution < -0.4 is 20.1 Å². The molecule has 0 unspecified atom stereocenters. The summed E-state index contributed by atoms with van der Waals surface area (Å²) in [5.74, 6) is -2.35. The molecule has 3 N–H and O–H groups in total. The number of anilines is 1. The molecular formula is C26H29N3O9. The number of nitrogens with zero attached hydrogens (tertiary/aromatic N) is 1. The molecule has 0 aromatic heterocycles. The van der Waals surface area contributed by atoms with Gasteiger partial charge in [0, 0.05) is 11.3 Å². The number of ether oxygens (including phenoxy) is 4. The van der Waals surface area contributed by atoms with E-state index in [4.69, 9.17) is 18.9 Å². The van der Waals surface area contributed by atoms with Crippen LogP contribution in [0.1, 0.15) is 67.8 Å². The number of carboxylic acids is 1. The van der Waals surface area contributed by atoms with Crippen molar-refractivity contribution in [1.82, 2.24) is 5.32 Å². The number of rotatable bonds is 2. The van der Waals surface area contributed by atoms with Crippen molar-refractivity contribution in [2.24, 2.45) is 4.99 Å². The van der Waals surface area contributed by atoms with E-state index in [2.05, 4.69) is 15.6 Å². The summed E-state index contributed by atoms with van der Waals surface area (Å²) in [5.41, 5.74) is -0.977. The fourth-order valence-electron chi connectivity index (χ4n) is 3.21. The average molecular weight is 528 g/mol. The highest BCUT2D eigenvalue weighted by Crippen LogP contribution is 2.35. The zero-order valence-electron chi connectivity index (χ0n) is 21.8. The predicted octanol–water partition coefficient (Wildman–Crippen LogP) is 4.72. The molecule has 0 spiro atoms. The smallest absolute Gasteiger partial charge is 0.437 e. The van der Waals surface area contributed by atoms with Gasteiger partial charge >= 0.3 is 24.1 Å². The maximum Gasteiger partial charge on any atom is 0.437 e. The maximum absolute atomic E-state index is 12.8. The zero-order valence-corrected chi connectivity index (χ0v) is 21.8. The van der Waals surface area contributed by atoms with Gasteiger partial charge in [-0.25, -0.2) is 19.2 Å². The van der Waals surface area contributed by atoms with E-state index >= 15 is 0 Å². The SMILES string of the molecule is CC(C)(C)OC(=O)N=C(NC(=O)OC(C)(C)C)Nc1ccc2c(c1)COc1c(cccc1C(=O)O)OC2=O. The lowest BCUT2D eigenvalue weighted by Gasteiger charge is -2.22. The number of para-hydroxylation sites is 1. The Labute approximate surface area is 218 Å². The van der Waals surface area contributed by atoms with Gasteiger partial charge in [0.2, 0.25) is 5.96 Å². The lowest BCUT2D eigenvalue weighted by molar-refractivity contribution is 0.0560. The van der Waals surface area contributed by atoms with Crippen LogP contribution in [-0.2, 0) is 16.1 Å². The van der Waals surface area contributed by atoms with Gasteiger partial charge in [-0.15, -0.1) is 4.99 Å². The summed E-state index contributed by atoms with van der Waals surface area (Å²) < 4.78 is 21.5. The number of nitrogens with one attached hydrogen (secondary N) is 2. The molecule has 38 heavy (non-hydrogen) atoms. The molecule has 202 valence electrons. The Morgan fingerprint density at radius 2 is 1.68 bits per heavy atom. The highest BCUT2D eigenvalue weighted by molar-refractivity contribution is 6.06. The van der Waals surface area contributed by atoms with Crippen molar-refractivity contribution in [2.45, 2.75) is 59.4 Å². The number of aliphatic imine (C=N–C) groups is 1. The van der Waals surface area contributed by atoms with Gasteiger partial charge in [-0.2, -0.15) is 0 Å². The van der Waals surface area contributed by atoms with Crippen molar-refractivity contribution < 1.29 is 43.2 Å². The minimum Gasteiger partial charge on any atom is -0.484 e. The Balaban J connectivity index is 1.90. The number of carbonyl (C=O) groups is 4. The second-order valence-electron chi connectivity index (χ2n) is 10.2. The van der Waals surface area contributed by atoms with Crippen molar-refractivity contribution in [3.8, 4) is 11.5 Å². The van der Waals surface area contributed by atoms with E-state index in [1.807, 2.05) is 0 Å². The van der Waals surface area contributed by atoms with E-state index in [1.54, 1.807) is 41.5 Å². The van der Waals surface area contributed by atoms with Gasteiger partial charge in [-0.05, 0) is 71.9 Å². The number of carboxylic acid groups (broad SMARTS) is 1. The monoisotopic (exact) mass is 527 g/mol. The number of aromatic carboxylic acids is 1. The van der Waals surface area contributed by atoms with Crippen LogP contribution in [-0.4, -0.2) is 46.4 Å². The first-order valence-electron chi connectivity index (χ1n) is 11.5. The van der Waals surface area contributed by atoms with E-state index in [9.17, 15) is 24.3 Å². The molecule has 2 aromatic carbocycles. The van der Waals surface area contributed by atoms with Gasteiger partial charge in [-0.1, -0.05) is 6.07 Å². The minimum absolute atomic E-state index is 0.0175. The van der Waals surface area contributed by atoms with Crippen molar-refractivity contribution in [1.29, 1.82) is 0 Å². The third-order valence-electron chi connectivity index (χ3n) is 4.59. The van der Waals surface area contributed by atoms with Gasteiger partial charge in [0.25, 0.3) is 0 Å². The summed E-state index contributed by atoms with van der Waals surface area (Å²) in [4.78, 5) is 52.8. The largest absolute Gasteiger partial charge is 0.484 e. The van der Waals surface area contributed by atoms with Crippen LogP contribution in [0.4, 0.5) is 15.3 Å². The highest BCUT2D eigenvalue weighted by Gasteiger charge is 2.25. The molecular weight excluding hydrogens is 498 g/mol. The summed E-state index contributed by atoms with van der Waals surface area (Å²) in [6.07, 6.45) is -1.84. The summed E-state index contributed by atoms with van der Waals surface area (Å²) >= 11 is 0. The van der Waals surface area contributed by atoms with E-state index in [1.165, 1.54) is 36.4 Å². The van der Waals surface area contributed by atoms with Crippen molar-refractivity contribution in [3.63, 3.8) is 0 Å². The van der Waals surface area contributed by atoms with Crippen molar-refractivity contribution in [2.75, 3.05) is 5.32 Å². The highest BCUT2D eigenvalue weighted by atomic mass is 16.6. The Morgan fingerprint density at radius 1 is 1.00 bits per heavy atom. The molecule has 0 aliphatic carbocycles. The first-order valence-corrected chi connectivity index (χ1v) is 11.5. The van der Waals surface area contributed by atoms with Crippen LogP contribution in [0.25, 0.3) is 0 Å². The normalized spacial score (nSPS) is 13.4. The van der Waals surface area contributed by atoms with Crippen LogP contribution in [0, 0.1) is 0 Å². The molecule has 0 saturated heterocycles. The topological polar surface area (TPSA) is 162 Å². The van der Waals surface area contributed by atoms with E-state index in [-0.39, 0.29) is 35.2 Å². The van der Waals surface area contributed by atoms with E-state index in [0.29, 0.717) is 11.3 Å². The minimum atomic E-state index is -1.25. The summed E-state index contributed by atoms with van der Waals surface area (Å²) in [7, 11) is 0. The zero-order chi connectivity index (χ0) is 28.3. The van der Waals surface area contributed by atoms with E-state index < -0.39 is 35.3 Å². The molecule has 0 bridgehead atoms. The standard InChI is InChI=1S/C26H29N3O9/c1-25(2,3)37-23(33)28-22(29-24(34)38-26(4,5)6)27-15-10-11-16-14(12-15)13-35-19-17(20(30)31)8-7-9-18(19)36-21(16)32/h7-12H,13H2,1-6H3,(H,30,31)(H2,27,28,29,33,34). The molecule has 3 rings (SSSR count). The van der Waals surface area contributed by atoms with Crippen molar-refractivity contribution >= 4 is 35.8 Å². The molecule has 2 aromatic rings. The number of amides is 2. The molecule has 0 radical (unpaired) electrons. The van der Waals surface area contributed by atoms with Crippen LogP contribution in [0.3, 0.4) is 0 Å². The molecule has 0 atom stereocenters. The molecule has 0 saturated carbocycles. The Hall–Kier alpha value is -4.61. The second-order valence-corrected chi connectivity index (χ2v) is 10.2. The Bertz CT molecular complexity index is 1300. The summed E-state index contributed by atoms with van der Waals surface area (Å²) in [6, 6.07) is 8.66. The fourth-order valence-corrected chi connectivity index (χ4v) is 3.21.